The van der Waals surface area contributed by atoms with Gasteiger partial charge in [-0.1, -0.05) is 20.3 Å². The molecule has 1 saturated heterocycles. The summed E-state index contributed by atoms with van der Waals surface area (Å²) in [7, 11) is 0. The van der Waals surface area contributed by atoms with Gasteiger partial charge in [0.15, 0.2) is 0 Å². The number of aromatic nitrogens is 2. The lowest BCUT2D eigenvalue weighted by atomic mass is 9.82. The first-order valence-corrected chi connectivity index (χ1v) is 9.89. The number of hydrogen-bond acceptors (Lipinski definition) is 5. The van der Waals surface area contributed by atoms with Crippen molar-refractivity contribution in [3.8, 4) is 0 Å². The quantitative estimate of drug-likeness (QED) is 0.728. The van der Waals surface area contributed by atoms with E-state index in [1.165, 1.54) is 0 Å². The minimum Gasteiger partial charge on any atom is -0.396 e. The maximum Gasteiger partial charge on any atom is 0.328 e. The van der Waals surface area contributed by atoms with Crippen molar-refractivity contribution in [2.75, 3.05) is 13.1 Å². The molecule has 3 aliphatic rings. The summed E-state index contributed by atoms with van der Waals surface area (Å²) in [6.45, 7) is 5.32. The standard InChI is InChI=1S/C19H28FN5O2/c1-3-10-6-7-24(8-12(10)21)17-9(2)16-13(15(22)14(17)20)18(26)23-19(27)25(16)11-4-5-11/h9-12,17H,3-8,21-22H2,1-2H3,(H,23,26,27). The predicted molar refractivity (Wildman–Crippen MR) is 102 cm³/mol. The van der Waals surface area contributed by atoms with Crippen LogP contribution < -0.4 is 22.7 Å². The molecule has 0 amide bonds. The van der Waals surface area contributed by atoms with Gasteiger partial charge >= 0.3 is 5.69 Å². The molecule has 2 aliphatic carbocycles. The Balaban J connectivity index is 1.80. The topological polar surface area (TPSA) is 110 Å². The molecule has 0 spiro atoms. The second kappa shape index (κ2) is 6.60. The highest BCUT2D eigenvalue weighted by Crippen LogP contribution is 2.43. The average Bonchev–Trinajstić information content (AvgIpc) is 3.44. The Bertz CT molecular complexity index is 900. The van der Waals surface area contributed by atoms with Crippen molar-refractivity contribution in [2.24, 2.45) is 17.4 Å². The molecule has 4 unspecified atom stereocenters. The molecule has 2 heterocycles. The largest absolute Gasteiger partial charge is 0.396 e. The second-order valence-electron chi connectivity index (χ2n) is 8.23. The van der Waals surface area contributed by atoms with Gasteiger partial charge in [0.2, 0.25) is 0 Å². The van der Waals surface area contributed by atoms with Gasteiger partial charge in [0, 0.05) is 30.2 Å². The van der Waals surface area contributed by atoms with Crippen LogP contribution in [0.15, 0.2) is 15.4 Å². The Labute approximate surface area is 157 Å². The molecule has 148 valence electrons. The van der Waals surface area contributed by atoms with E-state index in [2.05, 4.69) is 11.9 Å². The van der Waals surface area contributed by atoms with E-state index in [0.717, 1.165) is 32.2 Å². The summed E-state index contributed by atoms with van der Waals surface area (Å²) in [6, 6.07) is -0.544. The van der Waals surface area contributed by atoms with Crippen molar-refractivity contribution < 1.29 is 4.39 Å². The lowest BCUT2D eigenvalue weighted by Gasteiger charge is -2.44. The highest BCUT2D eigenvalue weighted by molar-refractivity contribution is 5.70. The molecule has 0 bridgehead atoms. The normalized spacial score (nSPS) is 31.9. The van der Waals surface area contributed by atoms with Crippen LogP contribution in [0.25, 0.3) is 5.70 Å². The zero-order valence-corrected chi connectivity index (χ0v) is 15.9. The third-order valence-electron chi connectivity index (χ3n) is 6.54. The number of aromatic amines is 1. The molecular weight excluding hydrogens is 349 g/mol. The number of rotatable bonds is 3. The molecule has 4 rings (SSSR count). The van der Waals surface area contributed by atoms with Crippen LogP contribution in [0.1, 0.15) is 62.7 Å². The zero-order valence-electron chi connectivity index (χ0n) is 15.9. The molecule has 1 saturated carbocycles. The van der Waals surface area contributed by atoms with E-state index >= 15 is 4.39 Å². The minimum absolute atomic E-state index is 0.0174. The highest BCUT2D eigenvalue weighted by atomic mass is 19.1. The van der Waals surface area contributed by atoms with E-state index in [0.29, 0.717) is 18.2 Å². The fourth-order valence-corrected chi connectivity index (χ4v) is 4.91. The van der Waals surface area contributed by atoms with E-state index in [4.69, 9.17) is 11.5 Å². The third kappa shape index (κ3) is 2.86. The van der Waals surface area contributed by atoms with Crippen molar-refractivity contribution in [1.82, 2.24) is 14.5 Å². The van der Waals surface area contributed by atoms with Crippen LogP contribution in [0.2, 0.25) is 0 Å². The fourth-order valence-electron chi connectivity index (χ4n) is 4.91. The van der Waals surface area contributed by atoms with Gasteiger partial charge in [0.25, 0.3) is 5.56 Å². The molecule has 8 heteroatoms. The summed E-state index contributed by atoms with van der Waals surface area (Å²) in [4.78, 5) is 29.2. The Morgan fingerprint density at radius 2 is 1.96 bits per heavy atom. The van der Waals surface area contributed by atoms with Gasteiger partial charge in [-0.2, -0.15) is 0 Å². The molecule has 1 aliphatic heterocycles. The smallest absolute Gasteiger partial charge is 0.328 e. The van der Waals surface area contributed by atoms with Gasteiger partial charge in [-0.3, -0.25) is 19.2 Å². The molecule has 2 fully saturated rings. The molecule has 5 N–H and O–H groups in total. The van der Waals surface area contributed by atoms with E-state index < -0.39 is 23.1 Å². The Hall–Kier alpha value is -1.93. The van der Waals surface area contributed by atoms with Crippen LogP contribution in [0, 0.1) is 5.92 Å². The summed E-state index contributed by atoms with van der Waals surface area (Å²) in [5.74, 6) is -0.402. The monoisotopic (exact) mass is 377 g/mol. The molecule has 1 aromatic heterocycles. The average molecular weight is 377 g/mol. The van der Waals surface area contributed by atoms with Crippen molar-refractivity contribution in [1.29, 1.82) is 0 Å². The lowest BCUT2D eigenvalue weighted by Crippen LogP contribution is -2.55. The third-order valence-corrected chi connectivity index (χ3v) is 6.54. The number of likely N-dealkylation sites (tertiary alicyclic amines) is 1. The van der Waals surface area contributed by atoms with Gasteiger partial charge in [0.1, 0.15) is 5.83 Å². The summed E-state index contributed by atoms with van der Waals surface area (Å²) in [5.41, 5.74) is 11.9. The van der Waals surface area contributed by atoms with Gasteiger partial charge in [-0.25, -0.2) is 9.18 Å². The number of piperidine rings is 1. The fraction of sp³-hybridized carbons (Fsp3) is 0.684. The van der Waals surface area contributed by atoms with Crippen molar-refractivity contribution in [2.45, 2.75) is 63.6 Å². The molecule has 0 radical (unpaired) electrons. The van der Waals surface area contributed by atoms with Gasteiger partial charge < -0.3 is 11.5 Å². The van der Waals surface area contributed by atoms with Gasteiger partial charge in [-0.15, -0.1) is 0 Å². The molecule has 4 atom stereocenters. The van der Waals surface area contributed by atoms with Crippen LogP contribution in [-0.4, -0.2) is 39.6 Å². The van der Waals surface area contributed by atoms with Crippen LogP contribution >= 0.6 is 0 Å². The maximum absolute atomic E-state index is 15.3. The van der Waals surface area contributed by atoms with Crippen molar-refractivity contribution in [3.05, 3.63) is 37.9 Å². The number of nitrogens with one attached hydrogen (secondary N) is 1. The van der Waals surface area contributed by atoms with E-state index in [-0.39, 0.29) is 29.3 Å². The summed E-state index contributed by atoms with van der Waals surface area (Å²) in [6.07, 6.45) is 3.68. The lowest BCUT2D eigenvalue weighted by molar-refractivity contribution is 0.103. The van der Waals surface area contributed by atoms with Crippen molar-refractivity contribution >= 4 is 5.70 Å². The molecule has 7 nitrogen and oxygen atoms in total. The molecule has 1 aromatic rings. The van der Waals surface area contributed by atoms with E-state index in [1.54, 1.807) is 4.57 Å². The summed E-state index contributed by atoms with van der Waals surface area (Å²) >= 11 is 0. The van der Waals surface area contributed by atoms with Crippen LogP contribution in [0.4, 0.5) is 4.39 Å². The molecule has 27 heavy (non-hydrogen) atoms. The van der Waals surface area contributed by atoms with Gasteiger partial charge in [0.05, 0.1) is 17.3 Å². The second-order valence-corrected chi connectivity index (χ2v) is 8.23. The van der Waals surface area contributed by atoms with E-state index in [9.17, 15) is 9.59 Å². The van der Waals surface area contributed by atoms with Crippen molar-refractivity contribution in [3.63, 3.8) is 0 Å². The number of hydrogen-bond donors (Lipinski definition) is 3. The van der Waals surface area contributed by atoms with Crippen LogP contribution in [0.5, 0.6) is 0 Å². The maximum atomic E-state index is 15.3. The van der Waals surface area contributed by atoms with Crippen LogP contribution in [0.3, 0.4) is 0 Å². The number of H-pyrrole nitrogens is 1. The SMILES string of the molecule is CCC1CCN(C2C(F)=C(N)c3c(n(C4CC4)c(=O)[nH]c3=O)C2C)CC1N. The summed E-state index contributed by atoms with van der Waals surface area (Å²) in [5, 5.41) is 0. The number of fused-ring (bicyclic) bond motifs is 1. The Kier molecular flexibility index (Phi) is 4.50. The molecule has 0 aromatic carbocycles. The number of nitrogens with zero attached hydrogens (tertiary/aromatic N) is 2. The zero-order chi connectivity index (χ0) is 19.5. The molecular formula is C19H28FN5O2. The predicted octanol–water partition coefficient (Wildman–Crippen LogP) is 1.01. The Morgan fingerprint density at radius 1 is 1.26 bits per heavy atom. The first kappa shape index (κ1) is 18.4. The summed E-state index contributed by atoms with van der Waals surface area (Å²) < 4.78 is 17.0. The first-order valence-electron chi connectivity index (χ1n) is 9.89. The first-order chi connectivity index (χ1) is 12.8. The minimum atomic E-state index is -0.605. The van der Waals surface area contributed by atoms with Crippen LogP contribution in [-0.2, 0) is 0 Å². The Morgan fingerprint density at radius 3 is 2.56 bits per heavy atom. The highest BCUT2D eigenvalue weighted by Gasteiger charge is 2.43. The number of nitrogens with two attached hydrogens (primary N) is 2. The van der Waals surface area contributed by atoms with E-state index in [1.807, 2.05) is 11.8 Å². The number of halogens is 1. The van der Waals surface area contributed by atoms with Gasteiger partial charge in [-0.05, 0) is 31.7 Å².